The minimum Gasteiger partial charge on any atom is -0.497 e. The van der Waals surface area contributed by atoms with Crippen molar-refractivity contribution >= 4 is 11.6 Å². The summed E-state index contributed by atoms with van der Waals surface area (Å²) >= 11 is 0. The van der Waals surface area contributed by atoms with Gasteiger partial charge >= 0.3 is 0 Å². The molecule has 2 aromatic rings. The lowest BCUT2D eigenvalue weighted by molar-refractivity contribution is 0.102. The molecule has 0 saturated heterocycles. The molecular formula is C15H18N4O3. The van der Waals surface area contributed by atoms with E-state index in [2.05, 4.69) is 20.8 Å². The van der Waals surface area contributed by atoms with Gasteiger partial charge in [0.2, 0.25) is 0 Å². The SMILES string of the molecule is COc1cc(NC(=O)c2n[nH]c3c2CNCC3)cc(OC)c1. The van der Waals surface area contributed by atoms with Crippen molar-refractivity contribution in [3.05, 3.63) is 35.2 Å². The molecule has 3 rings (SSSR count). The first-order valence-electron chi connectivity index (χ1n) is 7.02. The summed E-state index contributed by atoms with van der Waals surface area (Å²) in [5.41, 5.74) is 2.97. The van der Waals surface area contributed by atoms with Crippen molar-refractivity contribution in [2.24, 2.45) is 0 Å². The number of nitrogens with zero attached hydrogens (tertiary/aromatic N) is 1. The molecule has 3 N–H and O–H groups in total. The van der Waals surface area contributed by atoms with Gasteiger partial charge in [0.25, 0.3) is 5.91 Å². The Bertz CT molecular complexity index is 674. The minimum atomic E-state index is -0.253. The molecule has 0 aliphatic carbocycles. The molecule has 1 aromatic heterocycles. The van der Waals surface area contributed by atoms with Crippen LogP contribution in [0, 0.1) is 0 Å². The monoisotopic (exact) mass is 302 g/mol. The molecule has 0 radical (unpaired) electrons. The Labute approximate surface area is 128 Å². The highest BCUT2D eigenvalue weighted by Crippen LogP contribution is 2.26. The van der Waals surface area contributed by atoms with Crippen molar-refractivity contribution in [1.29, 1.82) is 0 Å². The zero-order chi connectivity index (χ0) is 15.5. The number of benzene rings is 1. The number of carbonyl (C=O) groups is 1. The van der Waals surface area contributed by atoms with Gasteiger partial charge in [-0.3, -0.25) is 9.89 Å². The smallest absolute Gasteiger partial charge is 0.276 e. The number of hydrogen-bond acceptors (Lipinski definition) is 5. The predicted molar refractivity (Wildman–Crippen MR) is 81.5 cm³/mol. The molecule has 0 saturated carbocycles. The Hall–Kier alpha value is -2.54. The van der Waals surface area contributed by atoms with E-state index in [0.29, 0.717) is 29.4 Å². The van der Waals surface area contributed by atoms with Crippen molar-refractivity contribution < 1.29 is 14.3 Å². The maximum atomic E-state index is 12.4. The number of carbonyl (C=O) groups excluding carboxylic acids is 1. The second kappa shape index (κ2) is 6.07. The highest BCUT2D eigenvalue weighted by Gasteiger charge is 2.21. The number of H-pyrrole nitrogens is 1. The molecule has 1 amide bonds. The van der Waals surface area contributed by atoms with Crippen LogP contribution in [0.3, 0.4) is 0 Å². The largest absolute Gasteiger partial charge is 0.497 e. The van der Waals surface area contributed by atoms with Gasteiger partial charge < -0.3 is 20.1 Å². The van der Waals surface area contributed by atoms with E-state index in [9.17, 15) is 4.79 Å². The molecule has 0 spiro atoms. The van der Waals surface area contributed by atoms with Crippen molar-refractivity contribution in [2.75, 3.05) is 26.1 Å². The van der Waals surface area contributed by atoms with Crippen LogP contribution in [0.25, 0.3) is 0 Å². The standard InChI is InChI=1S/C15H18N4O3/c1-21-10-5-9(6-11(7-10)22-2)17-15(20)14-12-8-16-4-3-13(12)18-19-14/h5-7,16H,3-4,8H2,1-2H3,(H,17,20)(H,18,19). The van der Waals surface area contributed by atoms with Crippen LogP contribution in [0.15, 0.2) is 18.2 Å². The number of hydrogen-bond donors (Lipinski definition) is 3. The van der Waals surface area contributed by atoms with Crippen LogP contribution in [-0.4, -0.2) is 36.9 Å². The van der Waals surface area contributed by atoms with Crippen LogP contribution in [0.4, 0.5) is 5.69 Å². The third kappa shape index (κ3) is 2.75. The Morgan fingerprint density at radius 3 is 2.64 bits per heavy atom. The fourth-order valence-electron chi connectivity index (χ4n) is 2.48. The van der Waals surface area contributed by atoms with Gasteiger partial charge in [0.15, 0.2) is 5.69 Å². The highest BCUT2D eigenvalue weighted by atomic mass is 16.5. The average Bonchev–Trinajstić information content (AvgIpc) is 2.98. The number of aromatic nitrogens is 2. The molecular weight excluding hydrogens is 284 g/mol. The first-order chi connectivity index (χ1) is 10.7. The summed E-state index contributed by atoms with van der Waals surface area (Å²) in [5, 5.41) is 13.2. The Balaban J connectivity index is 1.84. The second-order valence-corrected chi connectivity index (χ2v) is 5.01. The van der Waals surface area contributed by atoms with Crippen molar-refractivity contribution in [2.45, 2.75) is 13.0 Å². The minimum absolute atomic E-state index is 0.253. The van der Waals surface area contributed by atoms with Crippen molar-refractivity contribution in [3.63, 3.8) is 0 Å². The Kier molecular flexibility index (Phi) is 3.97. The van der Waals surface area contributed by atoms with Gasteiger partial charge in [-0.1, -0.05) is 0 Å². The Morgan fingerprint density at radius 2 is 1.95 bits per heavy atom. The quantitative estimate of drug-likeness (QED) is 0.793. The van der Waals surface area contributed by atoms with Crippen LogP contribution >= 0.6 is 0 Å². The van der Waals surface area contributed by atoms with E-state index in [0.717, 1.165) is 24.2 Å². The number of rotatable bonds is 4. The van der Waals surface area contributed by atoms with E-state index in [1.54, 1.807) is 32.4 Å². The lowest BCUT2D eigenvalue weighted by atomic mass is 10.1. The van der Waals surface area contributed by atoms with Gasteiger partial charge in [-0.2, -0.15) is 5.10 Å². The lowest BCUT2D eigenvalue weighted by Gasteiger charge is -2.13. The van der Waals surface area contributed by atoms with E-state index in [1.165, 1.54) is 0 Å². The number of aromatic amines is 1. The van der Waals surface area contributed by atoms with Gasteiger partial charge in [-0.15, -0.1) is 0 Å². The molecule has 7 heteroatoms. The molecule has 1 aromatic carbocycles. The molecule has 7 nitrogen and oxygen atoms in total. The van der Waals surface area contributed by atoms with E-state index in [4.69, 9.17) is 9.47 Å². The van der Waals surface area contributed by atoms with Gasteiger partial charge in [0, 0.05) is 54.7 Å². The zero-order valence-electron chi connectivity index (χ0n) is 12.5. The number of methoxy groups -OCH3 is 2. The molecule has 0 atom stereocenters. The number of ether oxygens (including phenoxy) is 2. The number of amides is 1. The molecule has 0 fully saturated rings. The second-order valence-electron chi connectivity index (χ2n) is 5.01. The molecule has 1 aliphatic heterocycles. The normalized spacial score (nSPS) is 13.4. The zero-order valence-corrected chi connectivity index (χ0v) is 12.5. The first kappa shape index (κ1) is 14.4. The maximum absolute atomic E-state index is 12.4. The van der Waals surface area contributed by atoms with Crippen LogP contribution in [0.1, 0.15) is 21.7 Å². The van der Waals surface area contributed by atoms with Crippen molar-refractivity contribution in [1.82, 2.24) is 15.5 Å². The van der Waals surface area contributed by atoms with E-state index in [1.807, 2.05) is 0 Å². The highest BCUT2D eigenvalue weighted by molar-refractivity contribution is 6.04. The van der Waals surface area contributed by atoms with Gasteiger partial charge in [0.05, 0.1) is 14.2 Å². The molecule has 22 heavy (non-hydrogen) atoms. The topological polar surface area (TPSA) is 88.3 Å². The average molecular weight is 302 g/mol. The summed E-state index contributed by atoms with van der Waals surface area (Å²) in [7, 11) is 3.13. The predicted octanol–water partition coefficient (Wildman–Crippen LogP) is 1.32. The fourth-order valence-corrected chi connectivity index (χ4v) is 2.48. The molecule has 116 valence electrons. The van der Waals surface area contributed by atoms with E-state index < -0.39 is 0 Å². The first-order valence-corrected chi connectivity index (χ1v) is 7.02. The number of fused-ring (bicyclic) bond motifs is 1. The maximum Gasteiger partial charge on any atom is 0.276 e. The summed E-state index contributed by atoms with van der Waals surface area (Å²) in [6, 6.07) is 5.21. The van der Waals surface area contributed by atoms with Crippen molar-refractivity contribution in [3.8, 4) is 11.5 Å². The molecule has 0 bridgehead atoms. The molecule has 2 heterocycles. The van der Waals surface area contributed by atoms with Gasteiger partial charge in [0.1, 0.15) is 11.5 Å². The summed E-state index contributed by atoms with van der Waals surface area (Å²) in [4.78, 5) is 12.4. The summed E-state index contributed by atoms with van der Waals surface area (Å²) < 4.78 is 10.4. The lowest BCUT2D eigenvalue weighted by Crippen LogP contribution is -2.25. The molecule has 0 unspecified atom stereocenters. The van der Waals surface area contributed by atoms with E-state index in [-0.39, 0.29) is 5.91 Å². The van der Waals surface area contributed by atoms with Crippen LogP contribution in [0.5, 0.6) is 11.5 Å². The van der Waals surface area contributed by atoms with Crippen LogP contribution in [0.2, 0.25) is 0 Å². The van der Waals surface area contributed by atoms with Crippen LogP contribution in [-0.2, 0) is 13.0 Å². The number of nitrogens with one attached hydrogen (secondary N) is 3. The summed E-state index contributed by atoms with van der Waals surface area (Å²) in [5.74, 6) is 0.970. The third-order valence-electron chi connectivity index (χ3n) is 3.63. The summed E-state index contributed by atoms with van der Waals surface area (Å²) in [6.45, 7) is 1.54. The van der Waals surface area contributed by atoms with Crippen LogP contribution < -0.4 is 20.1 Å². The molecule has 1 aliphatic rings. The Morgan fingerprint density at radius 1 is 1.23 bits per heavy atom. The number of anilines is 1. The fraction of sp³-hybridized carbons (Fsp3) is 0.333. The summed E-state index contributed by atoms with van der Waals surface area (Å²) in [6.07, 6.45) is 0.850. The van der Waals surface area contributed by atoms with Gasteiger partial charge in [-0.25, -0.2) is 0 Å². The van der Waals surface area contributed by atoms with E-state index >= 15 is 0 Å². The third-order valence-corrected chi connectivity index (χ3v) is 3.63. The van der Waals surface area contributed by atoms with Gasteiger partial charge in [-0.05, 0) is 0 Å².